The molecule has 0 spiro atoms. The molecular formula is C23H29N5O2. The molecule has 3 aromatic rings. The summed E-state index contributed by atoms with van der Waals surface area (Å²) in [7, 11) is 1.83. The molecule has 0 atom stereocenters. The molecule has 158 valence electrons. The average molecular weight is 408 g/mol. The van der Waals surface area contributed by atoms with Crippen molar-refractivity contribution in [2.24, 2.45) is 13.0 Å². The molecule has 0 bridgehead atoms. The lowest BCUT2D eigenvalue weighted by Gasteiger charge is -2.32. The summed E-state index contributed by atoms with van der Waals surface area (Å²) in [5.41, 5.74) is 4.68. The molecule has 4 rings (SSSR count). The molecule has 1 amide bonds. The van der Waals surface area contributed by atoms with Crippen LogP contribution in [0.5, 0.6) is 5.88 Å². The molecule has 7 nitrogen and oxygen atoms in total. The minimum Gasteiger partial charge on any atom is -0.466 e. The molecule has 0 aliphatic carbocycles. The van der Waals surface area contributed by atoms with Gasteiger partial charge in [-0.15, -0.1) is 5.10 Å². The van der Waals surface area contributed by atoms with Crippen molar-refractivity contribution < 1.29 is 9.53 Å². The normalized spacial score (nSPS) is 14.9. The summed E-state index contributed by atoms with van der Waals surface area (Å²) in [6, 6.07) is 10.0. The first-order chi connectivity index (χ1) is 14.4. The number of ether oxygens (including phenoxy) is 1. The highest BCUT2D eigenvalue weighted by atomic mass is 16.5. The maximum absolute atomic E-state index is 12.4. The summed E-state index contributed by atoms with van der Waals surface area (Å²) >= 11 is 0. The van der Waals surface area contributed by atoms with Gasteiger partial charge in [-0.1, -0.05) is 6.92 Å². The maximum Gasteiger partial charge on any atom is 0.262 e. The van der Waals surface area contributed by atoms with Gasteiger partial charge in [-0.2, -0.15) is 0 Å². The molecule has 30 heavy (non-hydrogen) atoms. The third-order valence-electron chi connectivity index (χ3n) is 5.73. The Morgan fingerprint density at radius 3 is 2.60 bits per heavy atom. The molecule has 1 fully saturated rings. The van der Waals surface area contributed by atoms with Crippen molar-refractivity contribution in [1.29, 1.82) is 0 Å². The Kier molecular flexibility index (Phi) is 5.61. The van der Waals surface area contributed by atoms with Crippen LogP contribution < -0.4 is 15.0 Å². The second-order valence-electron chi connectivity index (χ2n) is 8.26. The summed E-state index contributed by atoms with van der Waals surface area (Å²) < 4.78 is 7.41. The van der Waals surface area contributed by atoms with E-state index in [1.54, 1.807) is 4.68 Å². The molecule has 1 aliphatic heterocycles. The average Bonchev–Trinajstić information content (AvgIpc) is 3.03. The molecular weight excluding hydrogens is 378 g/mol. The number of piperidine rings is 1. The number of nitrogens with zero attached hydrogens (tertiary/aromatic N) is 4. The Labute approximate surface area is 177 Å². The van der Waals surface area contributed by atoms with Crippen LogP contribution in [0.1, 0.15) is 31.0 Å². The number of hydrogen-bond acceptors (Lipinski definition) is 5. The number of benzene rings is 1. The van der Waals surface area contributed by atoms with Crippen LogP contribution in [0.15, 0.2) is 30.3 Å². The molecule has 1 aliphatic rings. The fourth-order valence-electron chi connectivity index (χ4n) is 4.00. The smallest absolute Gasteiger partial charge is 0.262 e. The van der Waals surface area contributed by atoms with Crippen LogP contribution in [-0.4, -0.2) is 40.4 Å². The second-order valence-corrected chi connectivity index (χ2v) is 8.26. The maximum atomic E-state index is 12.4. The van der Waals surface area contributed by atoms with E-state index in [1.807, 2.05) is 39.1 Å². The Balaban J connectivity index is 1.37. The molecule has 0 radical (unpaired) electrons. The minimum atomic E-state index is -0.217. The number of aromatic nitrogens is 3. The number of carbonyl (C=O) groups excluding carboxylic acids is 1. The SMILES string of the molecule is Cc1cc(C)c2c(OCC(=O)Nc3ccc(N4CCC(C)CC4)cc3)nn(C)c2n1. The highest BCUT2D eigenvalue weighted by molar-refractivity contribution is 5.92. The van der Waals surface area contributed by atoms with Gasteiger partial charge in [0.15, 0.2) is 12.3 Å². The van der Waals surface area contributed by atoms with Crippen LogP contribution in [0.4, 0.5) is 11.4 Å². The van der Waals surface area contributed by atoms with Gasteiger partial charge in [0, 0.05) is 37.2 Å². The number of aryl methyl sites for hydroxylation is 3. The van der Waals surface area contributed by atoms with Crippen molar-refractivity contribution in [3.05, 3.63) is 41.6 Å². The van der Waals surface area contributed by atoms with E-state index in [2.05, 4.69) is 39.4 Å². The van der Waals surface area contributed by atoms with E-state index in [0.29, 0.717) is 5.88 Å². The number of fused-ring (bicyclic) bond motifs is 1. The lowest BCUT2D eigenvalue weighted by molar-refractivity contribution is -0.118. The fraction of sp³-hybridized carbons (Fsp3) is 0.435. The monoisotopic (exact) mass is 407 g/mol. The number of anilines is 2. The third-order valence-corrected chi connectivity index (χ3v) is 5.73. The van der Waals surface area contributed by atoms with Gasteiger partial charge in [0.2, 0.25) is 5.88 Å². The highest BCUT2D eigenvalue weighted by Gasteiger charge is 2.17. The van der Waals surface area contributed by atoms with Gasteiger partial charge in [-0.05, 0) is 68.5 Å². The van der Waals surface area contributed by atoms with Gasteiger partial charge in [-0.3, -0.25) is 4.79 Å². The summed E-state index contributed by atoms with van der Waals surface area (Å²) in [5.74, 6) is 1.02. The lowest BCUT2D eigenvalue weighted by atomic mass is 9.99. The number of nitrogens with one attached hydrogen (secondary N) is 1. The van der Waals surface area contributed by atoms with Crippen LogP contribution in [0.3, 0.4) is 0 Å². The van der Waals surface area contributed by atoms with E-state index in [1.165, 1.54) is 18.5 Å². The van der Waals surface area contributed by atoms with E-state index < -0.39 is 0 Å². The zero-order valence-corrected chi connectivity index (χ0v) is 18.1. The molecule has 1 aromatic carbocycles. The Bertz CT molecular complexity index is 1050. The first-order valence-corrected chi connectivity index (χ1v) is 10.5. The summed E-state index contributed by atoms with van der Waals surface area (Å²) in [6.45, 7) is 8.33. The summed E-state index contributed by atoms with van der Waals surface area (Å²) in [4.78, 5) is 19.3. The zero-order valence-electron chi connectivity index (χ0n) is 18.1. The van der Waals surface area contributed by atoms with Gasteiger partial charge in [0.25, 0.3) is 5.91 Å². The molecule has 1 N–H and O–H groups in total. The minimum absolute atomic E-state index is 0.106. The van der Waals surface area contributed by atoms with E-state index in [-0.39, 0.29) is 12.5 Å². The zero-order chi connectivity index (χ0) is 21.3. The quantitative estimate of drug-likeness (QED) is 0.696. The number of rotatable bonds is 5. The standard InChI is InChI=1S/C23H29N5O2/c1-15-9-11-28(12-10-15)19-7-5-18(6-8-19)25-20(29)14-30-23-21-16(2)13-17(3)24-22(21)27(4)26-23/h5-8,13,15H,9-12,14H2,1-4H3,(H,25,29). The van der Waals surface area contributed by atoms with Crippen molar-refractivity contribution in [2.45, 2.75) is 33.6 Å². The third kappa shape index (κ3) is 4.25. The first kappa shape index (κ1) is 20.2. The van der Waals surface area contributed by atoms with Crippen LogP contribution in [0.2, 0.25) is 0 Å². The molecule has 1 saturated heterocycles. The predicted molar refractivity (Wildman–Crippen MR) is 119 cm³/mol. The Hall–Kier alpha value is -3.09. The van der Waals surface area contributed by atoms with Crippen molar-refractivity contribution in [3.63, 3.8) is 0 Å². The van der Waals surface area contributed by atoms with Gasteiger partial charge < -0.3 is 15.0 Å². The molecule has 3 heterocycles. The van der Waals surface area contributed by atoms with Crippen molar-refractivity contribution in [1.82, 2.24) is 14.8 Å². The van der Waals surface area contributed by atoms with Crippen molar-refractivity contribution in [2.75, 3.05) is 29.9 Å². The van der Waals surface area contributed by atoms with E-state index >= 15 is 0 Å². The van der Waals surface area contributed by atoms with E-state index in [4.69, 9.17) is 4.74 Å². The fourth-order valence-corrected chi connectivity index (χ4v) is 4.00. The van der Waals surface area contributed by atoms with E-state index in [0.717, 1.165) is 47.0 Å². The van der Waals surface area contributed by atoms with Gasteiger partial charge in [-0.25, -0.2) is 9.67 Å². The Morgan fingerprint density at radius 1 is 1.20 bits per heavy atom. The second kappa shape index (κ2) is 8.34. The van der Waals surface area contributed by atoms with Gasteiger partial charge in [0.1, 0.15) is 0 Å². The molecule has 0 saturated carbocycles. The predicted octanol–water partition coefficient (Wildman–Crippen LogP) is 3.84. The van der Waals surface area contributed by atoms with Crippen molar-refractivity contribution >= 4 is 28.3 Å². The van der Waals surface area contributed by atoms with Crippen LogP contribution in [0.25, 0.3) is 11.0 Å². The van der Waals surface area contributed by atoms with Crippen LogP contribution in [0, 0.1) is 19.8 Å². The number of hydrogen-bond donors (Lipinski definition) is 1. The Morgan fingerprint density at radius 2 is 1.90 bits per heavy atom. The number of carbonyl (C=O) groups is 1. The number of pyridine rings is 1. The van der Waals surface area contributed by atoms with E-state index in [9.17, 15) is 4.79 Å². The largest absolute Gasteiger partial charge is 0.466 e. The highest BCUT2D eigenvalue weighted by Crippen LogP contribution is 2.27. The first-order valence-electron chi connectivity index (χ1n) is 10.5. The number of amides is 1. The van der Waals surface area contributed by atoms with Gasteiger partial charge >= 0.3 is 0 Å². The summed E-state index contributed by atoms with van der Waals surface area (Å²) in [5, 5.41) is 8.12. The molecule has 0 unspecified atom stereocenters. The lowest BCUT2D eigenvalue weighted by Crippen LogP contribution is -2.32. The summed E-state index contributed by atoms with van der Waals surface area (Å²) in [6.07, 6.45) is 2.46. The molecule has 7 heteroatoms. The van der Waals surface area contributed by atoms with Crippen LogP contribution >= 0.6 is 0 Å². The topological polar surface area (TPSA) is 72.3 Å². The molecule has 2 aromatic heterocycles. The van der Waals surface area contributed by atoms with Crippen molar-refractivity contribution in [3.8, 4) is 5.88 Å². The van der Waals surface area contributed by atoms with Gasteiger partial charge in [0.05, 0.1) is 5.39 Å². The van der Waals surface area contributed by atoms with Crippen LogP contribution in [-0.2, 0) is 11.8 Å².